The Balaban J connectivity index is 3.77. The van der Waals surface area contributed by atoms with E-state index in [1.807, 2.05) is 57.2 Å². The fourth-order valence-electron chi connectivity index (χ4n) is 2.32. The highest BCUT2D eigenvalue weighted by atomic mass is 16.3. The molecule has 2 nitrogen and oxygen atoms in total. The van der Waals surface area contributed by atoms with Gasteiger partial charge in [0.1, 0.15) is 5.60 Å². The third-order valence-corrected chi connectivity index (χ3v) is 3.54. The van der Waals surface area contributed by atoms with Crippen molar-refractivity contribution in [1.29, 1.82) is 0 Å². The molecule has 0 saturated carbocycles. The minimum absolute atomic E-state index is 0.654. The molecule has 1 aromatic carbocycles. The third-order valence-electron chi connectivity index (χ3n) is 3.54. The molecule has 0 amide bonds. The molecule has 0 aliphatic carbocycles. The van der Waals surface area contributed by atoms with Crippen LogP contribution >= 0.6 is 0 Å². The van der Waals surface area contributed by atoms with Crippen molar-refractivity contribution < 1.29 is 10.2 Å². The van der Waals surface area contributed by atoms with Crippen LogP contribution in [-0.2, 0) is 5.60 Å². The summed E-state index contributed by atoms with van der Waals surface area (Å²) in [5, 5.41) is 21.4. The van der Waals surface area contributed by atoms with Gasteiger partial charge in [-0.1, -0.05) is 60.9 Å². The van der Waals surface area contributed by atoms with Crippen molar-refractivity contribution in [3.63, 3.8) is 0 Å². The molecule has 2 heteroatoms. The zero-order valence-electron chi connectivity index (χ0n) is 14.6. The van der Waals surface area contributed by atoms with E-state index in [0.717, 1.165) is 11.1 Å². The Kier molecular flexibility index (Phi) is 6.15. The molecule has 0 heterocycles. The van der Waals surface area contributed by atoms with E-state index in [-0.39, 0.29) is 0 Å². The number of benzene rings is 1. The second-order valence-corrected chi connectivity index (χ2v) is 6.14. The average molecular weight is 310 g/mol. The molecular formula is C21H26O2. The first kappa shape index (κ1) is 19.0. The molecule has 1 rings (SSSR count). The summed E-state index contributed by atoms with van der Waals surface area (Å²) in [6, 6.07) is 7.58. The Morgan fingerprint density at radius 1 is 1.17 bits per heavy atom. The summed E-state index contributed by atoms with van der Waals surface area (Å²) >= 11 is 0. The smallest absolute Gasteiger partial charge is 0.177 e. The minimum atomic E-state index is -1.52. The van der Waals surface area contributed by atoms with Gasteiger partial charge in [-0.2, -0.15) is 0 Å². The fraction of sp³-hybridized carbons (Fsp3) is 0.333. The lowest BCUT2D eigenvalue weighted by molar-refractivity contribution is 0.131. The SMILES string of the molecule is C=C/C(C)=C(\C=C/C)C(O)(C#CC(C)(C)O)c1ccccc1C. The first-order chi connectivity index (χ1) is 10.7. The molecule has 0 aliphatic heterocycles. The standard InChI is InChI=1S/C21H26O2/c1-7-11-18(16(3)8-2)21(23,15-14-20(5,6)22)19-13-10-9-12-17(19)4/h7-13,22-23H,2H2,1,3-6H3/b11-7-,18-16+. The van der Waals surface area contributed by atoms with Gasteiger partial charge in [0.2, 0.25) is 0 Å². The van der Waals surface area contributed by atoms with Gasteiger partial charge in [-0.05, 0) is 45.8 Å². The molecule has 0 radical (unpaired) electrons. The lowest BCUT2D eigenvalue weighted by atomic mass is 9.81. The van der Waals surface area contributed by atoms with Crippen LogP contribution in [0.5, 0.6) is 0 Å². The maximum atomic E-state index is 11.5. The molecule has 122 valence electrons. The highest BCUT2D eigenvalue weighted by molar-refractivity contribution is 5.52. The summed E-state index contributed by atoms with van der Waals surface area (Å²) in [7, 11) is 0. The molecule has 1 unspecified atom stereocenters. The summed E-state index contributed by atoms with van der Waals surface area (Å²) in [6.45, 7) is 12.7. The van der Waals surface area contributed by atoms with Crippen molar-refractivity contribution in [3.8, 4) is 11.8 Å². The second-order valence-electron chi connectivity index (χ2n) is 6.14. The van der Waals surface area contributed by atoms with Crippen LogP contribution in [0.15, 0.2) is 60.2 Å². The molecule has 0 spiro atoms. The highest BCUT2D eigenvalue weighted by Crippen LogP contribution is 2.34. The van der Waals surface area contributed by atoms with E-state index in [1.165, 1.54) is 0 Å². The van der Waals surface area contributed by atoms with E-state index in [2.05, 4.69) is 18.4 Å². The van der Waals surface area contributed by atoms with Gasteiger partial charge in [-0.3, -0.25) is 0 Å². The Morgan fingerprint density at radius 3 is 2.26 bits per heavy atom. The largest absolute Gasteiger partial charge is 0.378 e. The van der Waals surface area contributed by atoms with Crippen molar-refractivity contribution in [3.05, 3.63) is 71.3 Å². The van der Waals surface area contributed by atoms with Crippen molar-refractivity contribution in [2.75, 3.05) is 0 Å². The number of aryl methyl sites for hydroxylation is 1. The zero-order valence-corrected chi connectivity index (χ0v) is 14.6. The van der Waals surface area contributed by atoms with E-state index in [9.17, 15) is 10.2 Å². The van der Waals surface area contributed by atoms with Gasteiger partial charge in [0, 0.05) is 11.1 Å². The molecule has 1 aromatic rings. The number of hydrogen-bond donors (Lipinski definition) is 2. The maximum Gasteiger partial charge on any atom is 0.177 e. The van der Waals surface area contributed by atoms with Crippen LogP contribution in [0.2, 0.25) is 0 Å². The summed E-state index contributed by atoms with van der Waals surface area (Å²) in [5.41, 5.74) is 0.403. The van der Waals surface area contributed by atoms with Gasteiger partial charge in [0.05, 0.1) is 0 Å². The van der Waals surface area contributed by atoms with Crippen LogP contribution < -0.4 is 0 Å². The van der Waals surface area contributed by atoms with Crippen LogP contribution in [-0.4, -0.2) is 15.8 Å². The Labute approximate surface area is 139 Å². The predicted molar refractivity (Wildman–Crippen MR) is 96.9 cm³/mol. The average Bonchev–Trinajstić information content (AvgIpc) is 2.49. The van der Waals surface area contributed by atoms with Crippen LogP contribution in [0.4, 0.5) is 0 Å². The minimum Gasteiger partial charge on any atom is -0.378 e. The van der Waals surface area contributed by atoms with Gasteiger partial charge in [0.25, 0.3) is 0 Å². The predicted octanol–water partition coefficient (Wildman–Crippen LogP) is 4.04. The Hall–Kier alpha value is -2.08. The van der Waals surface area contributed by atoms with Gasteiger partial charge in [0.15, 0.2) is 5.60 Å². The van der Waals surface area contributed by atoms with Crippen LogP contribution in [0.1, 0.15) is 38.8 Å². The topological polar surface area (TPSA) is 40.5 Å². The molecule has 0 bridgehead atoms. The number of aliphatic hydroxyl groups is 2. The Morgan fingerprint density at radius 2 is 1.78 bits per heavy atom. The number of allylic oxidation sites excluding steroid dienone is 3. The number of hydrogen-bond acceptors (Lipinski definition) is 2. The van der Waals surface area contributed by atoms with Crippen molar-refractivity contribution in [2.45, 2.75) is 45.8 Å². The Bertz CT molecular complexity index is 691. The van der Waals surface area contributed by atoms with Crippen LogP contribution in [0, 0.1) is 18.8 Å². The quantitative estimate of drug-likeness (QED) is 0.651. The molecular weight excluding hydrogens is 284 g/mol. The summed E-state index contributed by atoms with van der Waals surface area (Å²) in [4.78, 5) is 0. The van der Waals surface area contributed by atoms with E-state index >= 15 is 0 Å². The zero-order chi connectivity index (χ0) is 17.7. The molecule has 0 aliphatic rings. The van der Waals surface area contributed by atoms with Gasteiger partial charge < -0.3 is 10.2 Å². The molecule has 2 N–H and O–H groups in total. The third kappa shape index (κ3) is 4.69. The van der Waals surface area contributed by atoms with Crippen molar-refractivity contribution in [2.24, 2.45) is 0 Å². The molecule has 0 fully saturated rings. The molecule has 0 aromatic heterocycles. The first-order valence-electron chi connectivity index (χ1n) is 7.67. The normalized spacial score (nSPS) is 15.4. The van der Waals surface area contributed by atoms with E-state index in [4.69, 9.17) is 0 Å². The molecule has 1 atom stereocenters. The van der Waals surface area contributed by atoms with E-state index < -0.39 is 11.2 Å². The summed E-state index contributed by atoms with van der Waals surface area (Å²) in [5.74, 6) is 5.65. The second kappa shape index (κ2) is 7.46. The summed E-state index contributed by atoms with van der Waals surface area (Å²) < 4.78 is 0. The van der Waals surface area contributed by atoms with Crippen molar-refractivity contribution in [1.82, 2.24) is 0 Å². The fourth-order valence-corrected chi connectivity index (χ4v) is 2.32. The monoisotopic (exact) mass is 310 g/mol. The summed E-state index contributed by atoms with van der Waals surface area (Å²) in [6.07, 6.45) is 5.39. The molecule has 23 heavy (non-hydrogen) atoms. The lowest BCUT2D eigenvalue weighted by Gasteiger charge is -2.28. The van der Waals surface area contributed by atoms with Gasteiger partial charge in [-0.25, -0.2) is 0 Å². The van der Waals surface area contributed by atoms with Gasteiger partial charge >= 0.3 is 0 Å². The molecule has 0 saturated heterocycles. The number of rotatable bonds is 4. The van der Waals surface area contributed by atoms with Crippen molar-refractivity contribution >= 4 is 0 Å². The lowest BCUT2D eigenvalue weighted by Crippen LogP contribution is -2.29. The van der Waals surface area contributed by atoms with Crippen LogP contribution in [0.25, 0.3) is 0 Å². The van der Waals surface area contributed by atoms with E-state index in [0.29, 0.717) is 11.1 Å². The van der Waals surface area contributed by atoms with Crippen LogP contribution in [0.3, 0.4) is 0 Å². The highest BCUT2D eigenvalue weighted by Gasteiger charge is 2.33. The maximum absolute atomic E-state index is 11.5. The van der Waals surface area contributed by atoms with E-state index in [1.54, 1.807) is 19.9 Å². The van der Waals surface area contributed by atoms with Gasteiger partial charge in [-0.15, -0.1) is 0 Å². The first-order valence-corrected chi connectivity index (χ1v) is 7.67.